The summed E-state index contributed by atoms with van der Waals surface area (Å²) in [6.45, 7) is 14.4. The first-order chi connectivity index (χ1) is 24.2. The molecule has 16 nitrogen and oxygen atoms in total. The van der Waals surface area contributed by atoms with Crippen LogP contribution < -0.4 is 24.8 Å². The van der Waals surface area contributed by atoms with Gasteiger partial charge in [0, 0.05) is 25.4 Å². The maximum absolute atomic E-state index is 14.4. The second kappa shape index (κ2) is 13.1. The number of rotatable bonds is 9. The SMILES string of the molecule is C=C[C@H]1C[C@@]1(NC(=O)C1C[C@@H](OC(=O)N2Cc3cc4c(cc3C2)OCO4)CN1C(=O)[C@@H](NC(=O)OC(C)(C)C)C(C)(C)C)C(=O)NS(=O)(=O)C1CC1. The van der Waals surface area contributed by atoms with Gasteiger partial charge < -0.3 is 34.5 Å². The molecule has 284 valence electrons. The van der Waals surface area contributed by atoms with Gasteiger partial charge in [0.05, 0.1) is 11.8 Å². The molecule has 1 aromatic rings. The van der Waals surface area contributed by atoms with E-state index in [0.29, 0.717) is 24.3 Å². The highest BCUT2D eigenvalue weighted by atomic mass is 32.2. The number of carbonyl (C=O) groups excluding carboxylic acids is 5. The number of sulfonamides is 1. The Morgan fingerprint density at radius 2 is 1.63 bits per heavy atom. The fourth-order valence-corrected chi connectivity index (χ4v) is 8.13. The molecule has 3 N–H and O–H groups in total. The standard InChI is InChI=1S/C35H47N5O11S/c1-8-21-14-35(21,30(43)38-52(46,47)23-9-10-23)37-28(41)24-13-22(17-40(24)29(42)27(33(2,3)4)36-31(44)51-34(5,6)7)50-32(45)39-15-19-11-25-26(49-18-48-25)12-20(19)16-39/h8,11-12,21-24,27H,1,9-10,13-18H2,2-7H3,(H,36,44)(H,37,41)(H,38,43)/t21-,22+,24?,27+,35-/m0/s1. The maximum Gasteiger partial charge on any atom is 0.410 e. The minimum absolute atomic E-state index is 0.104. The number of amides is 5. The Bertz CT molecular complexity index is 1770. The highest BCUT2D eigenvalue weighted by Crippen LogP contribution is 2.46. The molecule has 3 heterocycles. The van der Waals surface area contributed by atoms with Gasteiger partial charge in [0.2, 0.25) is 28.6 Å². The lowest BCUT2D eigenvalue weighted by atomic mass is 9.85. The fourth-order valence-electron chi connectivity index (χ4n) is 6.77. The van der Waals surface area contributed by atoms with Crippen LogP contribution in [0.25, 0.3) is 0 Å². The lowest BCUT2D eigenvalue weighted by Crippen LogP contribution is -2.60. The molecule has 5 amide bonds. The van der Waals surface area contributed by atoms with E-state index in [1.807, 2.05) is 12.1 Å². The van der Waals surface area contributed by atoms with Crippen molar-refractivity contribution in [1.82, 2.24) is 25.2 Å². The van der Waals surface area contributed by atoms with Crippen LogP contribution in [0, 0.1) is 11.3 Å². The molecule has 3 fully saturated rings. The van der Waals surface area contributed by atoms with Crippen LogP contribution in [-0.2, 0) is 47.0 Å². The number of hydrogen-bond acceptors (Lipinski definition) is 11. The van der Waals surface area contributed by atoms with Crippen molar-refractivity contribution in [1.29, 1.82) is 0 Å². The van der Waals surface area contributed by atoms with E-state index in [-0.39, 0.29) is 39.3 Å². The van der Waals surface area contributed by atoms with Crippen molar-refractivity contribution < 1.29 is 51.3 Å². The molecule has 3 aliphatic heterocycles. The number of likely N-dealkylation sites (tertiary alicyclic amines) is 1. The van der Waals surface area contributed by atoms with E-state index in [1.54, 1.807) is 41.5 Å². The second-order valence-electron chi connectivity index (χ2n) is 16.2. The van der Waals surface area contributed by atoms with Crippen LogP contribution in [0.4, 0.5) is 9.59 Å². The minimum atomic E-state index is -3.92. The van der Waals surface area contributed by atoms with Crippen LogP contribution in [0.5, 0.6) is 11.5 Å². The molecule has 6 rings (SSSR count). The zero-order chi connectivity index (χ0) is 38.0. The Morgan fingerprint density at radius 3 is 2.15 bits per heavy atom. The van der Waals surface area contributed by atoms with Gasteiger partial charge in [-0.1, -0.05) is 26.8 Å². The van der Waals surface area contributed by atoms with E-state index in [1.165, 1.54) is 15.9 Å². The van der Waals surface area contributed by atoms with E-state index in [4.69, 9.17) is 18.9 Å². The Hall–Kier alpha value is -4.54. The second-order valence-corrected chi connectivity index (χ2v) is 18.2. The average Bonchev–Trinajstić information content (AvgIpc) is 3.86. The van der Waals surface area contributed by atoms with Crippen molar-refractivity contribution in [2.45, 2.75) is 115 Å². The third-order valence-corrected chi connectivity index (χ3v) is 11.6. The summed E-state index contributed by atoms with van der Waals surface area (Å²) in [5.41, 5.74) is -1.57. The molecule has 0 spiro atoms. The number of ether oxygens (including phenoxy) is 4. The van der Waals surface area contributed by atoms with Crippen LogP contribution in [0.15, 0.2) is 24.8 Å². The zero-order valence-electron chi connectivity index (χ0n) is 30.3. The molecule has 1 unspecified atom stereocenters. The predicted octanol–water partition coefficient (Wildman–Crippen LogP) is 2.45. The van der Waals surface area contributed by atoms with Crippen molar-refractivity contribution in [3.05, 3.63) is 35.9 Å². The molecule has 1 aromatic carbocycles. The van der Waals surface area contributed by atoms with E-state index < -0.39 is 85.8 Å². The first kappa shape index (κ1) is 37.2. The molecule has 5 aliphatic rings. The number of fused-ring (bicyclic) bond motifs is 2. The van der Waals surface area contributed by atoms with Crippen LogP contribution in [-0.4, -0.2) is 96.0 Å². The normalized spacial score (nSPS) is 25.5. The summed E-state index contributed by atoms with van der Waals surface area (Å²) in [6, 6.07) is 1.22. The van der Waals surface area contributed by atoms with Crippen LogP contribution in [0.2, 0.25) is 0 Å². The van der Waals surface area contributed by atoms with E-state index in [0.717, 1.165) is 11.1 Å². The molecule has 52 heavy (non-hydrogen) atoms. The third kappa shape index (κ3) is 7.64. The summed E-state index contributed by atoms with van der Waals surface area (Å²) in [5, 5.41) is 4.71. The van der Waals surface area contributed by atoms with Crippen LogP contribution in [0.3, 0.4) is 0 Å². The van der Waals surface area contributed by atoms with Gasteiger partial charge in [-0.25, -0.2) is 18.0 Å². The van der Waals surface area contributed by atoms with Gasteiger partial charge in [0.25, 0.3) is 5.91 Å². The largest absolute Gasteiger partial charge is 0.454 e. The molecule has 0 bridgehead atoms. The Kier molecular flexibility index (Phi) is 9.41. The number of nitrogens with zero attached hydrogens (tertiary/aromatic N) is 2. The number of carbonyl (C=O) groups is 5. The predicted molar refractivity (Wildman–Crippen MR) is 184 cm³/mol. The summed E-state index contributed by atoms with van der Waals surface area (Å²) in [7, 11) is -3.92. The lowest BCUT2D eigenvalue weighted by Gasteiger charge is -2.36. The third-order valence-electron chi connectivity index (χ3n) is 9.81. The number of hydrogen-bond donors (Lipinski definition) is 3. The summed E-state index contributed by atoms with van der Waals surface area (Å²) >= 11 is 0. The number of benzene rings is 1. The topological polar surface area (TPSA) is 199 Å². The average molecular weight is 746 g/mol. The van der Waals surface area contributed by atoms with Crippen molar-refractivity contribution >= 4 is 39.9 Å². The summed E-state index contributed by atoms with van der Waals surface area (Å²) < 4.78 is 49.7. The van der Waals surface area contributed by atoms with Gasteiger partial charge in [0.1, 0.15) is 29.3 Å². The van der Waals surface area contributed by atoms with Gasteiger partial charge >= 0.3 is 12.2 Å². The Balaban J connectivity index is 1.22. The van der Waals surface area contributed by atoms with Gasteiger partial charge in [0.15, 0.2) is 11.5 Å². The quantitative estimate of drug-likeness (QED) is 0.314. The van der Waals surface area contributed by atoms with Gasteiger partial charge in [-0.3, -0.25) is 24.0 Å². The molecule has 0 radical (unpaired) electrons. The molecule has 1 saturated heterocycles. The first-order valence-electron chi connectivity index (χ1n) is 17.4. The molecule has 2 aliphatic carbocycles. The van der Waals surface area contributed by atoms with Gasteiger partial charge in [-0.2, -0.15) is 0 Å². The van der Waals surface area contributed by atoms with Gasteiger partial charge in [-0.05, 0) is 68.7 Å². The van der Waals surface area contributed by atoms with E-state index in [2.05, 4.69) is 21.9 Å². The molecule has 5 atom stereocenters. The van der Waals surface area contributed by atoms with Crippen molar-refractivity contribution in [3.63, 3.8) is 0 Å². The number of nitrogens with one attached hydrogen (secondary N) is 3. The zero-order valence-corrected chi connectivity index (χ0v) is 31.1. The summed E-state index contributed by atoms with van der Waals surface area (Å²) in [6.07, 6.45) is -0.117. The molecule has 2 saturated carbocycles. The number of alkyl carbamates (subject to hydrolysis) is 1. The molecule has 17 heteroatoms. The lowest BCUT2D eigenvalue weighted by molar-refractivity contribution is -0.143. The monoisotopic (exact) mass is 745 g/mol. The first-order valence-corrected chi connectivity index (χ1v) is 18.9. The minimum Gasteiger partial charge on any atom is -0.454 e. The Morgan fingerprint density at radius 1 is 1.02 bits per heavy atom. The highest BCUT2D eigenvalue weighted by Gasteiger charge is 2.62. The van der Waals surface area contributed by atoms with Crippen LogP contribution >= 0.6 is 0 Å². The van der Waals surface area contributed by atoms with E-state index in [9.17, 15) is 32.4 Å². The molecular weight excluding hydrogens is 698 g/mol. The van der Waals surface area contributed by atoms with Crippen LogP contribution in [0.1, 0.15) is 78.4 Å². The molecular formula is C35H47N5O11S. The fraction of sp³-hybridized carbons (Fsp3) is 0.629. The van der Waals surface area contributed by atoms with E-state index >= 15 is 0 Å². The van der Waals surface area contributed by atoms with Gasteiger partial charge in [-0.15, -0.1) is 6.58 Å². The van der Waals surface area contributed by atoms with Crippen molar-refractivity contribution in [2.75, 3.05) is 13.3 Å². The smallest absolute Gasteiger partial charge is 0.410 e. The molecule has 0 aromatic heterocycles. The summed E-state index contributed by atoms with van der Waals surface area (Å²) in [4.78, 5) is 71.1. The van der Waals surface area contributed by atoms with Crippen molar-refractivity contribution in [2.24, 2.45) is 11.3 Å². The van der Waals surface area contributed by atoms with Crippen molar-refractivity contribution in [3.8, 4) is 11.5 Å². The Labute approximate surface area is 302 Å². The highest BCUT2D eigenvalue weighted by molar-refractivity contribution is 7.91. The maximum atomic E-state index is 14.4. The summed E-state index contributed by atoms with van der Waals surface area (Å²) in [5.74, 6) is -1.64.